The SMILES string of the molecule is Cc1ccc(NC(=O)C[NH+]2C[C@H](C)O[C@@H](C)C2)c(Cl)c1. The third-order valence-corrected chi connectivity index (χ3v) is 3.74. The van der Waals surface area contributed by atoms with Gasteiger partial charge in [-0.25, -0.2) is 0 Å². The number of benzene rings is 1. The van der Waals surface area contributed by atoms with Crippen LogP contribution in [0.3, 0.4) is 0 Å². The van der Waals surface area contributed by atoms with Gasteiger partial charge in [-0.1, -0.05) is 17.7 Å². The Bertz CT molecular complexity index is 483. The van der Waals surface area contributed by atoms with Gasteiger partial charge in [-0.05, 0) is 38.5 Å². The zero-order valence-corrected chi connectivity index (χ0v) is 13.0. The van der Waals surface area contributed by atoms with Crippen LogP contribution in [0, 0.1) is 6.92 Å². The number of aryl methyl sites for hydroxylation is 1. The normalized spacial score (nSPS) is 26.3. The summed E-state index contributed by atoms with van der Waals surface area (Å²) in [6, 6.07) is 5.63. The van der Waals surface area contributed by atoms with E-state index in [1.165, 1.54) is 4.90 Å². The average molecular weight is 298 g/mol. The van der Waals surface area contributed by atoms with Gasteiger partial charge in [-0.15, -0.1) is 0 Å². The predicted octanol–water partition coefficient (Wildman–Crippen LogP) is 1.28. The molecule has 1 aliphatic rings. The highest BCUT2D eigenvalue weighted by Gasteiger charge is 2.27. The zero-order chi connectivity index (χ0) is 14.7. The maximum atomic E-state index is 12.1. The van der Waals surface area contributed by atoms with Crippen molar-refractivity contribution in [3.63, 3.8) is 0 Å². The number of rotatable bonds is 3. The minimum atomic E-state index is -0.00736. The molecule has 1 aliphatic heterocycles. The standard InChI is InChI=1S/C15H21ClN2O2/c1-10-4-5-14(13(16)6-10)17-15(19)9-18-7-11(2)20-12(3)8-18/h4-6,11-12H,7-9H2,1-3H3,(H,17,19)/p+1/t11-,12-/m0/s1. The summed E-state index contributed by atoms with van der Waals surface area (Å²) < 4.78 is 5.67. The highest BCUT2D eigenvalue weighted by molar-refractivity contribution is 6.33. The summed E-state index contributed by atoms with van der Waals surface area (Å²) in [6.07, 6.45) is 0.397. The molecule has 1 aromatic carbocycles. The first-order valence-corrected chi connectivity index (χ1v) is 7.37. The molecule has 1 heterocycles. The molecule has 0 unspecified atom stereocenters. The van der Waals surface area contributed by atoms with Crippen molar-refractivity contribution in [3.05, 3.63) is 28.8 Å². The fraction of sp³-hybridized carbons (Fsp3) is 0.533. The number of ether oxygens (including phenoxy) is 1. The minimum Gasteiger partial charge on any atom is -0.364 e. The molecule has 1 fully saturated rings. The number of amides is 1. The Morgan fingerprint density at radius 2 is 2.05 bits per heavy atom. The summed E-state index contributed by atoms with van der Waals surface area (Å²) in [7, 11) is 0. The lowest BCUT2D eigenvalue weighted by atomic mass is 10.2. The summed E-state index contributed by atoms with van der Waals surface area (Å²) in [6.45, 7) is 8.23. The topological polar surface area (TPSA) is 42.8 Å². The monoisotopic (exact) mass is 297 g/mol. The molecule has 0 aromatic heterocycles. The van der Waals surface area contributed by atoms with Gasteiger partial charge in [0.25, 0.3) is 5.91 Å². The largest absolute Gasteiger partial charge is 0.364 e. The Kier molecular flexibility index (Phi) is 5.02. The van der Waals surface area contributed by atoms with Crippen molar-refractivity contribution < 1.29 is 14.4 Å². The molecule has 1 saturated heterocycles. The van der Waals surface area contributed by atoms with Gasteiger partial charge in [0.2, 0.25) is 0 Å². The number of halogens is 1. The molecule has 0 saturated carbocycles. The van der Waals surface area contributed by atoms with Crippen molar-refractivity contribution in [3.8, 4) is 0 Å². The van der Waals surface area contributed by atoms with Crippen molar-refractivity contribution in [2.45, 2.75) is 33.0 Å². The van der Waals surface area contributed by atoms with Gasteiger partial charge in [0, 0.05) is 0 Å². The first kappa shape index (κ1) is 15.3. The van der Waals surface area contributed by atoms with E-state index in [1.807, 2.05) is 39.0 Å². The lowest BCUT2D eigenvalue weighted by Gasteiger charge is -2.31. The Balaban J connectivity index is 1.92. The van der Waals surface area contributed by atoms with Gasteiger partial charge in [0.1, 0.15) is 25.3 Å². The number of nitrogens with one attached hydrogen (secondary N) is 2. The molecule has 5 heteroatoms. The summed E-state index contributed by atoms with van der Waals surface area (Å²) in [5.74, 6) is -0.00736. The molecule has 0 spiro atoms. The van der Waals surface area contributed by atoms with E-state index in [0.29, 0.717) is 17.3 Å². The molecule has 1 amide bonds. The lowest BCUT2D eigenvalue weighted by Crippen LogP contribution is -3.16. The summed E-state index contributed by atoms with van der Waals surface area (Å²) in [5, 5.41) is 3.46. The van der Waals surface area contributed by atoms with Gasteiger partial charge in [-0.2, -0.15) is 0 Å². The van der Waals surface area contributed by atoms with E-state index in [2.05, 4.69) is 5.32 Å². The van der Waals surface area contributed by atoms with E-state index >= 15 is 0 Å². The Hall–Kier alpha value is -1.10. The first-order chi connectivity index (χ1) is 9.44. The number of carbonyl (C=O) groups is 1. The van der Waals surface area contributed by atoms with Crippen molar-refractivity contribution in [1.29, 1.82) is 0 Å². The molecule has 0 bridgehead atoms. The summed E-state index contributed by atoms with van der Waals surface area (Å²) in [4.78, 5) is 13.3. The van der Waals surface area contributed by atoms with E-state index < -0.39 is 0 Å². The van der Waals surface area contributed by atoms with Crippen LogP contribution in [0.4, 0.5) is 5.69 Å². The molecule has 2 atom stereocenters. The Labute approximate surface area is 125 Å². The Morgan fingerprint density at radius 1 is 1.40 bits per heavy atom. The smallest absolute Gasteiger partial charge is 0.279 e. The van der Waals surface area contributed by atoms with Crippen LogP contribution in [0.1, 0.15) is 19.4 Å². The molecular formula is C15H22ClN2O2+. The van der Waals surface area contributed by atoms with Crippen LogP contribution in [0.5, 0.6) is 0 Å². The van der Waals surface area contributed by atoms with Gasteiger partial charge >= 0.3 is 0 Å². The van der Waals surface area contributed by atoms with Crippen LogP contribution < -0.4 is 10.2 Å². The molecule has 2 N–H and O–H groups in total. The number of carbonyl (C=O) groups excluding carboxylic acids is 1. The van der Waals surface area contributed by atoms with Crippen LogP contribution in [0.15, 0.2) is 18.2 Å². The average Bonchev–Trinajstić information content (AvgIpc) is 2.31. The fourth-order valence-corrected chi connectivity index (χ4v) is 2.96. The quantitative estimate of drug-likeness (QED) is 0.883. The predicted molar refractivity (Wildman–Crippen MR) is 80.4 cm³/mol. The number of quaternary nitrogens is 1. The number of morpholine rings is 1. The van der Waals surface area contributed by atoms with E-state index in [0.717, 1.165) is 18.7 Å². The third-order valence-electron chi connectivity index (χ3n) is 3.43. The van der Waals surface area contributed by atoms with Crippen molar-refractivity contribution in [1.82, 2.24) is 0 Å². The molecule has 0 radical (unpaired) electrons. The molecular weight excluding hydrogens is 276 g/mol. The first-order valence-electron chi connectivity index (χ1n) is 6.99. The minimum absolute atomic E-state index is 0.00736. The van der Waals surface area contributed by atoms with Gasteiger partial charge in [0.05, 0.1) is 10.7 Å². The molecule has 20 heavy (non-hydrogen) atoms. The highest BCUT2D eigenvalue weighted by Crippen LogP contribution is 2.22. The lowest BCUT2D eigenvalue weighted by molar-refractivity contribution is -0.907. The zero-order valence-electron chi connectivity index (χ0n) is 12.2. The van der Waals surface area contributed by atoms with Gasteiger partial charge in [-0.3, -0.25) is 4.79 Å². The maximum absolute atomic E-state index is 12.1. The van der Waals surface area contributed by atoms with E-state index in [9.17, 15) is 4.79 Å². The highest BCUT2D eigenvalue weighted by atomic mass is 35.5. The number of hydrogen-bond acceptors (Lipinski definition) is 2. The molecule has 110 valence electrons. The van der Waals surface area contributed by atoms with Crippen LogP contribution in [0.2, 0.25) is 5.02 Å². The third kappa shape index (κ3) is 4.20. The molecule has 0 aliphatic carbocycles. The van der Waals surface area contributed by atoms with E-state index in [1.54, 1.807) is 0 Å². The Morgan fingerprint density at radius 3 is 2.65 bits per heavy atom. The molecule has 2 rings (SSSR count). The summed E-state index contributed by atoms with van der Waals surface area (Å²) >= 11 is 6.12. The fourth-order valence-electron chi connectivity index (χ4n) is 2.68. The van der Waals surface area contributed by atoms with Crippen LogP contribution in [-0.2, 0) is 9.53 Å². The molecule has 4 nitrogen and oxygen atoms in total. The second-order valence-electron chi connectivity index (χ2n) is 5.62. The van der Waals surface area contributed by atoms with Crippen LogP contribution in [-0.4, -0.2) is 37.7 Å². The van der Waals surface area contributed by atoms with Crippen molar-refractivity contribution in [2.75, 3.05) is 25.0 Å². The molecule has 1 aromatic rings. The maximum Gasteiger partial charge on any atom is 0.279 e. The number of anilines is 1. The second-order valence-corrected chi connectivity index (χ2v) is 6.03. The van der Waals surface area contributed by atoms with Gasteiger partial charge in [0.15, 0.2) is 6.54 Å². The number of hydrogen-bond donors (Lipinski definition) is 2. The van der Waals surface area contributed by atoms with Crippen LogP contribution >= 0.6 is 11.6 Å². The van der Waals surface area contributed by atoms with Crippen molar-refractivity contribution in [2.24, 2.45) is 0 Å². The van der Waals surface area contributed by atoms with Crippen LogP contribution in [0.25, 0.3) is 0 Å². The van der Waals surface area contributed by atoms with Crippen molar-refractivity contribution >= 4 is 23.2 Å². The second kappa shape index (κ2) is 6.57. The van der Waals surface area contributed by atoms with E-state index in [-0.39, 0.29) is 18.1 Å². The van der Waals surface area contributed by atoms with Gasteiger partial charge < -0.3 is 15.0 Å². The van der Waals surface area contributed by atoms with E-state index in [4.69, 9.17) is 16.3 Å². The summed E-state index contributed by atoms with van der Waals surface area (Å²) in [5.41, 5.74) is 1.76.